The van der Waals surface area contributed by atoms with E-state index in [1.165, 1.54) is 0 Å². The molecule has 0 aromatic heterocycles. The van der Waals surface area contributed by atoms with Gasteiger partial charge in [0.15, 0.2) is 0 Å². The Bertz CT molecular complexity index is 445. The van der Waals surface area contributed by atoms with Crippen LogP contribution < -0.4 is 5.32 Å². The summed E-state index contributed by atoms with van der Waals surface area (Å²) in [5.74, 6) is -1.24. The molecule has 0 aliphatic carbocycles. The number of benzene rings is 1. The number of halogens is 1. The lowest BCUT2D eigenvalue weighted by Crippen LogP contribution is -2.40. The monoisotopic (exact) mass is 271 g/mol. The van der Waals surface area contributed by atoms with Crippen LogP contribution >= 0.6 is 11.6 Å². The molecule has 0 saturated heterocycles. The van der Waals surface area contributed by atoms with Gasteiger partial charge in [0, 0.05) is 16.3 Å². The zero-order valence-corrected chi connectivity index (χ0v) is 11.8. The number of β-amino-alcohol motifs (C(OH)–C–C–N with tert-alkyl or cyclic N) is 1. The molecule has 1 atom stereocenters. The summed E-state index contributed by atoms with van der Waals surface area (Å²) in [7, 11) is 6.27. The standard InChI is InChI=1S/C13H20ClN2O2/c1-16(2,3)6-7-18-13(17)9-15-12-8-10(14)4-5-11(12)13/h4-5,8,15,17H,6-7,9H2,1-3H3/q+1. The predicted octanol–water partition coefficient (Wildman–Crippen LogP) is 1.63. The largest absolute Gasteiger partial charge is 0.379 e. The molecule has 1 unspecified atom stereocenters. The lowest BCUT2D eigenvalue weighted by molar-refractivity contribution is -0.871. The number of hydrogen-bond acceptors (Lipinski definition) is 3. The van der Waals surface area contributed by atoms with Crippen LogP contribution in [-0.2, 0) is 10.5 Å². The number of rotatable bonds is 4. The van der Waals surface area contributed by atoms with Gasteiger partial charge in [0.1, 0.15) is 6.54 Å². The lowest BCUT2D eigenvalue weighted by Gasteiger charge is -2.27. The van der Waals surface area contributed by atoms with Crippen molar-refractivity contribution in [1.82, 2.24) is 0 Å². The van der Waals surface area contributed by atoms with Gasteiger partial charge in [-0.05, 0) is 12.1 Å². The van der Waals surface area contributed by atoms with Gasteiger partial charge in [-0.2, -0.15) is 0 Å². The Hall–Kier alpha value is -0.810. The van der Waals surface area contributed by atoms with E-state index >= 15 is 0 Å². The number of likely N-dealkylation sites (N-methyl/N-ethyl adjacent to an activating group) is 1. The van der Waals surface area contributed by atoms with E-state index in [0.717, 1.165) is 22.3 Å². The molecule has 0 spiro atoms. The summed E-state index contributed by atoms with van der Waals surface area (Å²) in [6.45, 7) is 1.70. The number of hydrogen-bond donors (Lipinski definition) is 2. The molecule has 18 heavy (non-hydrogen) atoms. The number of anilines is 1. The summed E-state index contributed by atoms with van der Waals surface area (Å²) in [5.41, 5.74) is 1.60. The van der Waals surface area contributed by atoms with Crippen molar-refractivity contribution in [1.29, 1.82) is 0 Å². The fourth-order valence-electron chi connectivity index (χ4n) is 1.93. The minimum atomic E-state index is -1.24. The molecule has 1 aromatic rings. The maximum absolute atomic E-state index is 10.5. The SMILES string of the molecule is C[N+](C)(C)CCOC1(O)CNc2cc(Cl)ccc21. The second kappa shape index (κ2) is 4.70. The van der Waals surface area contributed by atoms with Gasteiger partial charge in [-0.25, -0.2) is 0 Å². The molecule has 2 rings (SSSR count). The van der Waals surface area contributed by atoms with Gasteiger partial charge in [-0.3, -0.25) is 0 Å². The Kier molecular flexibility index (Phi) is 3.56. The molecule has 0 saturated carbocycles. The Morgan fingerprint density at radius 1 is 1.44 bits per heavy atom. The molecule has 1 aliphatic heterocycles. The van der Waals surface area contributed by atoms with Crippen LogP contribution in [-0.4, -0.2) is 50.4 Å². The van der Waals surface area contributed by atoms with E-state index in [1.54, 1.807) is 12.1 Å². The molecular formula is C13H20ClN2O2+. The van der Waals surface area contributed by atoms with E-state index in [4.69, 9.17) is 16.3 Å². The van der Waals surface area contributed by atoms with Crippen LogP contribution in [0.5, 0.6) is 0 Å². The van der Waals surface area contributed by atoms with E-state index in [9.17, 15) is 5.11 Å². The molecule has 1 aromatic carbocycles. The summed E-state index contributed by atoms with van der Waals surface area (Å²) < 4.78 is 6.47. The van der Waals surface area contributed by atoms with Crippen molar-refractivity contribution < 1.29 is 14.3 Å². The van der Waals surface area contributed by atoms with Crippen LogP contribution in [0.25, 0.3) is 0 Å². The summed E-state index contributed by atoms with van der Waals surface area (Å²) >= 11 is 5.92. The third-order valence-electron chi connectivity index (χ3n) is 3.02. The van der Waals surface area contributed by atoms with Gasteiger partial charge >= 0.3 is 0 Å². The first kappa shape index (κ1) is 13.6. The van der Waals surface area contributed by atoms with E-state index in [-0.39, 0.29) is 0 Å². The van der Waals surface area contributed by atoms with Gasteiger partial charge in [-0.15, -0.1) is 0 Å². The summed E-state index contributed by atoms with van der Waals surface area (Å²) in [6.07, 6.45) is 0. The summed E-state index contributed by atoms with van der Waals surface area (Å²) in [4.78, 5) is 0. The zero-order valence-electron chi connectivity index (χ0n) is 11.0. The molecule has 2 N–H and O–H groups in total. The van der Waals surface area contributed by atoms with Crippen molar-refractivity contribution in [3.63, 3.8) is 0 Å². The van der Waals surface area contributed by atoms with Gasteiger partial charge in [-0.1, -0.05) is 17.7 Å². The zero-order chi connectivity index (χ0) is 13.4. The van der Waals surface area contributed by atoms with Crippen molar-refractivity contribution in [2.75, 3.05) is 46.2 Å². The van der Waals surface area contributed by atoms with Crippen molar-refractivity contribution in [3.8, 4) is 0 Å². The maximum atomic E-state index is 10.5. The smallest absolute Gasteiger partial charge is 0.212 e. The van der Waals surface area contributed by atoms with Gasteiger partial charge in [0.2, 0.25) is 5.79 Å². The molecular weight excluding hydrogens is 252 g/mol. The Morgan fingerprint density at radius 3 is 2.83 bits per heavy atom. The van der Waals surface area contributed by atoms with Crippen molar-refractivity contribution in [3.05, 3.63) is 28.8 Å². The minimum absolute atomic E-state index is 0.361. The molecule has 4 nitrogen and oxygen atoms in total. The van der Waals surface area contributed by atoms with E-state index in [1.807, 2.05) is 6.07 Å². The molecule has 0 radical (unpaired) electrons. The maximum Gasteiger partial charge on any atom is 0.212 e. The Morgan fingerprint density at radius 2 is 2.17 bits per heavy atom. The molecule has 0 bridgehead atoms. The first-order chi connectivity index (χ1) is 8.30. The van der Waals surface area contributed by atoms with Crippen molar-refractivity contribution in [2.24, 2.45) is 0 Å². The number of nitrogens with one attached hydrogen (secondary N) is 1. The van der Waals surface area contributed by atoms with Crippen LogP contribution in [0.1, 0.15) is 5.56 Å². The fourth-order valence-corrected chi connectivity index (χ4v) is 2.10. The highest BCUT2D eigenvalue weighted by molar-refractivity contribution is 6.30. The normalized spacial score (nSPS) is 22.7. The number of quaternary nitrogens is 1. The van der Waals surface area contributed by atoms with E-state index in [0.29, 0.717) is 18.2 Å². The average Bonchev–Trinajstić information content (AvgIpc) is 2.54. The summed E-state index contributed by atoms with van der Waals surface area (Å²) in [5, 5.41) is 14.3. The molecule has 5 heteroatoms. The van der Waals surface area contributed by atoms with Crippen LogP contribution in [0.3, 0.4) is 0 Å². The fraction of sp³-hybridized carbons (Fsp3) is 0.538. The first-order valence-corrected chi connectivity index (χ1v) is 6.39. The number of ether oxygens (including phenoxy) is 1. The molecule has 0 fully saturated rings. The second-order valence-corrected chi connectivity index (χ2v) is 6.13. The van der Waals surface area contributed by atoms with Gasteiger partial charge < -0.3 is 19.6 Å². The number of aliphatic hydroxyl groups is 1. The second-order valence-electron chi connectivity index (χ2n) is 5.69. The Balaban J connectivity index is 2.06. The van der Waals surface area contributed by atoms with E-state index in [2.05, 4.69) is 26.5 Å². The molecule has 1 aliphatic rings. The van der Waals surface area contributed by atoms with Crippen LogP contribution in [0.4, 0.5) is 5.69 Å². The quantitative estimate of drug-likeness (QED) is 0.646. The highest BCUT2D eigenvalue weighted by Gasteiger charge is 2.38. The molecule has 100 valence electrons. The number of fused-ring (bicyclic) bond motifs is 1. The lowest BCUT2D eigenvalue weighted by atomic mass is 10.1. The molecule has 0 amide bonds. The van der Waals surface area contributed by atoms with Gasteiger partial charge in [0.05, 0.1) is 34.3 Å². The highest BCUT2D eigenvalue weighted by Crippen LogP contribution is 2.37. The average molecular weight is 272 g/mol. The van der Waals surface area contributed by atoms with Crippen molar-refractivity contribution >= 4 is 17.3 Å². The Labute approximate surface area is 113 Å². The topological polar surface area (TPSA) is 41.5 Å². The first-order valence-electron chi connectivity index (χ1n) is 6.01. The van der Waals surface area contributed by atoms with Crippen molar-refractivity contribution in [2.45, 2.75) is 5.79 Å². The highest BCUT2D eigenvalue weighted by atomic mass is 35.5. The van der Waals surface area contributed by atoms with Gasteiger partial charge in [0.25, 0.3) is 0 Å². The van der Waals surface area contributed by atoms with E-state index < -0.39 is 5.79 Å². The summed E-state index contributed by atoms with van der Waals surface area (Å²) in [6, 6.07) is 5.38. The molecule has 1 heterocycles. The van der Waals surface area contributed by atoms with Crippen LogP contribution in [0.2, 0.25) is 5.02 Å². The minimum Gasteiger partial charge on any atom is -0.379 e. The third-order valence-corrected chi connectivity index (χ3v) is 3.26. The van der Waals surface area contributed by atoms with Crippen LogP contribution in [0, 0.1) is 0 Å². The predicted molar refractivity (Wildman–Crippen MR) is 72.7 cm³/mol. The van der Waals surface area contributed by atoms with Crippen LogP contribution in [0.15, 0.2) is 18.2 Å². The third kappa shape index (κ3) is 2.95. The number of nitrogens with zero attached hydrogens (tertiary/aromatic N) is 1.